The first-order valence-corrected chi connectivity index (χ1v) is 7.56. The molecule has 0 aromatic heterocycles. The lowest BCUT2D eigenvalue weighted by Crippen LogP contribution is -2.34. The second-order valence-electron chi connectivity index (χ2n) is 6.42. The lowest BCUT2D eigenvalue weighted by Gasteiger charge is -2.22. The summed E-state index contributed by atoms with van der Waals surface area (Å²) in [5.41, 5.74) is 8.51. The highest BCUT2D eigenvalue weighted by molar-refractivity contribution is 5.76. The van der Waals surface area contributed by atoms with Crippen molar-refractivity contribution in [3.05, 3.63) is 35.4 Å². The summed E-state index contributed by atoms with van der Waals surface area (Å²) in [5.74, 6) is 0.286. The minimum absolute atomic E-state index is 0.132. The fraction of sp³-hybridized carbons (Fsp3) is 0.588. The molecule has 1 aliphatic rings. The number of hydrogen-bond donors (Lipinski definition) is 1. The standard InChI is InChI=1S/C17H26N2O/c1-14-6-8-15(9-7-14)4-3-5-16(20)19-11-10-17(2,12-18)13-19/h6-9H,3-5,10-13,18H2,1-2H3. The van der Waals surface area contributed by atoms with Crippen molar-refractivity contribution in [3.63, 3.8) is 0 Å². The molecule has 1 aromatic rings. The van der Waals surface area contributed by atoms with Crippen LogP contribution in [0.4, 0.5) is 0 Å². The molecule has 3 heteroatoms. The molecule has 1 heterocycles. The maximum Gasteiger partial charge on any atom is 0.222 e. The second kappa shape index (κ2) is 6.40. The van der Waals surface area contributed by atoms with Crippen molar-refractivity contribution >= 4 is 5.91 Å². The third kappa shape index (κ3) is 3.83. The Bertz CT molecular complexity index is 455. The van der Waals surface area contributed by atoms with Gasteiger partial charge in [0.25, 0.3) is 0 Å². The van der Waals surface area contributed by atoms with Crippen molar-refractivity contribution in [1.82, 2.24) is 4.90 Å². The molecule has 0 spiro atoms. The molecule has 1 unspecified atom stereocenters. The Labute approximate surface area is 122 Å². The number of benzene rings is 1. The number of hydrogen-bond acceptors (Lipinski definition) is 2. The quantitative estimate of drug-likeness (QED) is 0.897. The number of nitrogens with two attached hydrogens (primary N) is 1. The summed E-state index contributed by atoms with van der Waals surface area (Å²) in [6.07, 6.45) is 3.59. The van der Waals surface area contributed by atoms with E-state index in [1.165, 1.54) is 11.1 Å². The number of aryl methyl sites for hydroxylation is 2. The lowest BCUT2D eigenvalue weighted by atomic mass is 9.90. The number of nitrogens with zero attached hydrogens (tertiary/aromatic N) is 1. The van der Waals surface area contributed by atoms with Gasteiger partial charge < -0.3 is 10.6 Å². The molecule has 110 valence electrons. The van der Waals surface area contributed by atoms with E-state index in [1.807, 2.05) is 4.90 Å². The van der Waals surface area contributed by atoms with Crippen molar-refractivity contribution in [1.29, 1.82) is 0 Å². The van der Waals surface area contributed by atoms with E-state index >= 15 is 0 Å². The first-order valence-electron chi connectivity index (χ1n) is 7.56. The van der Waals surface area contributed by atoms with Crippen LogP contribution in [0.25, 0.3) is 0 Å². The Morgan fingerprint density at radius 2 is 2.05 bits per heavy atom. The fourth-order valence-corrected chi connectivity index (χ4v) is 2.76. The summed E-state index contributed by atoms with van der Waals surface area (Å²) in [6, 6.07) is 8.57. The molecule has 0 aliphatic carbocycles. The normalized spacial score (nSPS) is 22.2. The molecule has 0 saturated carbocycles. The Morgan fingerprint density at radius 3 is 2.65 bits per heavy atom. The molecule has 1 aliphatic heterocycles. The van der Waals surface area contributed by atoms with Gasteiger partial charge in [0.05, 0.1) is 0 Å². The van der Waals surface area contributed by atoms with E-state index in [0.29, 0.717) is 13.0 Å². The zero-order valence-electron chi connectivity index (χ0n) is 12.7. The van der Waals surface area contributed by atoms with Crippen LogP contribution < -0.4 is 5.73 Å². The predicted octanol–water partition coefficient (Wildman–Crippen LogP) is 2.52. The summed E-state index contributed by atoms with van der Waals surface area (Å²) >= 11 is 0. The molecule has 20 heavy (non-hydrogen) atoms. The summed E-state index contributed by atoms with van der Waals surface area (Å²) in [7, 11) is 0. The highest BCUT2D eigenvalue weighted by Crippen LogP contribution is 2.28. The number of likely N-dealkylation sites (tertiary alicyclic amines) is 1. The van der Waals surface area contributed by atoms with Crippen molar-refractivity contribution < 1.29 is 4.79 Å². The van der Waals surface area contributed by atoms with Crippen LogP contribution in [0.15, 0.2) is 24.3 Å². The Kier molecular flexibility index (Phi) is 4.81. The van der Waals surface area contributed by atoms with Gasteiger partial charge in [-0.3, -0.25) is 4.79 Å². The third-order valence-electron chi connectivity index (χ3n) is 4.38. The topological polar surface area (TPSA) is 46.3 Å². The molecular weight excluding hydrogens is 248 g/mol. The summed E-state index contributed by atoms with van der Waals surface area (Å²) < 4.78 is 0. The first-order chi connectivity index (χ1) is 9.52. The van der Waals surface area contributed by atoms with Gasteiger partial charge in [0.1, 0.15) is 0 Å². The third-order valence-corrected chi connectivity index (χ3v) is 4.38. The van der Waals surface area contributed by atoms with Gasteiger partial charge in [-0.15, -0.1) is 0 Å². The van der Waals surface area contributed by atoms with Crippen molar-refractivity contribution in [2.45, 2.75) is 39.5 Å². The SMILES string of the molecule is Cc1ccc(CCCC(=O)N2CCC(C)(CN)C2)cc1. The Balaban J connectivity index is 1.74. The first kappa shape index (κ1) is 15.0. The van der Waals surface area contributed by atoms with E-state index < -0.39 is 0 Å². The zero-order chi connectivity index (χ0) is 14.6. The lowest BCUT2D eigenvalue weighted by molar-refractivity contribution is -0.130. The van der Waals surface area contributed by atoms with Gasteiger partial charge in [0.2, 0.25) is 5.91 Å². The highest BCUT2D eigenvalue weighted by Gasteiger charge is 2.34. The van der Waals surface area contributed by atoms with Crippen LogP contribution in [0.5, 0.6) is 0 Å². The molecule has 0 radical (unpaired) electrons. The summed E-state index contributed by atoms with van der Waals surface area (Å²) in [6.45, 7) is 6.63. The molecule has 1 saturated heterocycles. The van der Waals surface area contributed by atoms with Gasteiger partial charge in [0.15, 0.2) is 0 Å². The molecule has 0 bridgehead atoms. The number of carbonyl (C=O) groups is 1. The minimum Gasteiger partial charge on any atom is -0.342 e. The van der Waals surface area contributed by atoms with Gasteiger partial charge in [-0.1, -0.05) is 36.8 Å². The van der Waals surface area contributed by atoms with Crippen molar-refractivity contribution in [2.24, 2.45) is 11.1 Å². The van der Waals surface area contributed by atoms with Crippen LogP contribution in [0.1, 0.15) is 37.3 Å². The van der Waals surface area contributed by atoms with Gasteiger partial charge >= 0.3 is 0 Å². The molecule has 1 fully saturated rings. The number of rotatable bonds is 5. The van der Waals surface area contributed by atoms with Gasteiger partial charge in [-0.25, -0.2) is 0 Å². The van der Waals surface area contributed by atoms with Crippen LogP contribution in [0.3, 0.4) is 0 Å². The van der Waals surface area contributed by atoms with Crippen LogP contribution in [-0.2, 0) is 11.2 Å². The van der Waals surface area contributed by atoms with Crippen molar-refractivity contribution in [3.8, 4) is 0 Å². The van der Waals surface area contributed by atoms with Gasteiger partial charge in [-0.2, -0.15) is 0 Å². The maximum atomic E-state index is 12.2. The molecule has 1 amide bonds. The minimum atomic E-state index is 0.132. The number of amides is 1. The summed E-state index contributed by atoms with van der Waals surface area (Å²) in [5, 5.41) is 0. The zero-order valence-corrected chi connectivity index (χ0v) is 12.7. The maximum absolute atomic E-state index is 12.2. The molecule has 2 N–H and O–H groups in total. The van der Waals surface area contributed by atoms with E-state index in [-0.39, 0.29) is 11.3 Å². The predicted molar refractivity (Wildman–Crippen MR) is 82.5 cm³/mol. The van der Waals surface area contributed by atoms with E-state index in [1.54, 1.807) is 0 Å². The monoisotopic (exact) mass is 274 g/mol. The molecule has 3 nitrogen and oxygen atoms in total. The largest absolute Gasteiger partial charge is 0.342 e. The van der Waals surface area contributed by atoms with Crippen LogP contribution in [0, 0.1) is 12.3 Å². The molecule has 1 atom stereocenters. The molecular formula is C17H26N2O. The smallest absolute Gasteiger partial charge is 0.222 e. The van der Waals surface area contributed by atoms with E-state index in [2.05, 4.69) is 38.1 Å². The average molecular weight is 274 g/mol. The van der Waals surface area contributed by atoms with E-state index in [4.69, 9.17) is 5.73 Å². The second-order valence-corrected chi connectivity index (χ2v) is 6.42. The van der Waals surface area contributed by atoms with Crippen LogP contribution in [-0.4, -0.2) is 30.4 Å². The van der Waals surface area contributed by atoms with Gasteiger partial charge in [-0.05, 0) is 43.7 Å². The van der Waals surface area contributed by atoms with Crippen LogP contribution >= 0.6 is 0 Å². The Morgan fingerprint density at radius 1 is 1.35 bits per heavy atom. The van der Waals surface area contributed by atoms with Crippen LogP contribution in [0.2, 0.25) is 0 Å². The van der Waals surface area contributed by atoms with Crippen molar-refractivity contribution in [2.75, 3.05) is 19.6 Å². The number of carbonyl (C=O) groups excluding carboxylic acids is 1. The fourth-order valence-electron chi connectivity index (χ4n) is 2.76. The molecule has 1 aromatic carbocycles. The Hall–Kier alpha value is -1.35. The highest BCUT2D eigenvalue weighted by atomic mass is 16.2. The van der Waals surface area contributed by atoms with E-state index in [0.717, 1.165) is 32.4 Å². The van der Waals surface area contributed by atoms with Gasteiger partial charge in [0, 0.05) is 19.5 Å². The summed E-state index contributed by atoms with van der Waals surface area (Å²) in [4.78, 5) is 14.2. The van der Waals surface area contributed by atoms with E-state index in [9.17, 15) is 4.79 Å². The average Bonchev–Trinajstić information content (AvgIpc) is 2.84. The molecule has 2 rings (SSSR count).